The zero-order valence-electron chi connectivity index (χ0n) is 13.0. The average molecular weight is 309 g/mol. The van der Waals surface area contributed by atoms with E-state index in [2.05, 4.69) is 4.90 Å². The number of hydrogen-bond donors (Lipinski definition) is 1. The highest BCUT2D eigenvalue weighted by molar-refractivity contribution is 5.18. The number of nitrogens with zero attached hydrogens (tertiary/aromatic N) is 1. The molecule has 1 saturated carbocycles. The summed E-state index contributed by atoms with van der Waals surface area (Å²) in [5.41, 5.74) is 0.753. The van der Waals surface area contributed by atoms with E-state index in [4.69, 9.17) is 9.47 Å². The van der Waals surface area contributed by atoms with Crippen LogP contribution in [0.3, 0.4) is 0 Å². The number of β-amino-alcohol motifs (C(OH)–C–C–N with tert-alkyl or cyclic N) is 1. The van der Waals surface area contributed by atoms with Crippen LogP contribution in [-0.2, 0) is 9.47 Å². The summed E-state index contributed by atoms with van der Waals surface area (Å²) in [6.07, 6.45) is 2.88. The highest BCUT2D eigenvalue weighted by Crippen LogP contribution is 2.31. The first-order valence-corrected chi connectivity index (χ1v) is 7.99. The number of methoxy groups -OCH3 is 1. The van der Waals surface area contributed by atoms with Crippen LogP contribution in [-0.4, -0.2) is 55.1 Å². The van der Waals surface area contributed by atoms with Gasteiger partial charge in [-0.25, -0.2) is 4.39 Å². The Labute approximate surface area is 130 Å². The van der Waals surface area contributed by atoms with Crippen molar-refractivity contribution >= 4 is 0 Å². The fourth-order valence-corrected chi connectivity index (χ4v) is 3.60. The third-order valence-electron chi connectivity index (χ3n) is 4.88. The quantitative estimate of drug-likeness (QED) is 0.925. The Morgan fingerprint density at radius 3 is 2.86 bits per heavy atom. The summed E-state index contributed by atoms with van der Waals surface area (Å²) in [5.74, 6) is -0.280. The second kappa shape index (κ2) is 7.04. The number of aliphatic hydroxyl groups is 1. The van der Waals surface area contributed by atoms with Gasteiger partial charge in [-0.15, -0.1) is 0 Å². The van der Waals surface area contributed by atoms with E-state index in [1.165, 1.54) is 12.1 Å². The molecule has 5 heteroatoms. The molecule has 2 fully saturated rings. The van der Waals surface area contributed by atoms with Gasteiger partial charge in [0.05, 0.1) is 24.9 Å². The van der Waals surface area contributed by atoms with Gasteiger partial charge >= 0.3 is 0 Å². The minimum absolute atomic E-state index is 0.237. The van der Waals surface area contributed by atoms with Gasteiger partial charge in [-0.05, 0) is 37.0 Å². The van der Waals surface area contributed by atoms with Crippen LogP contribution >= 0.6 is 0 Å². The van der Waals surface area contributed by atoms with E-state index in [1.54, 1.807) is 19.2 Å². The largest absolute Gasteiger partial charge is 0.387 e. The molecule has 0 radical (unpaired) electrons. The molecule has 4 nitrogen and oxygen atoms in total. The molecule has 0 spiro atoms. The van der Waals surface area contributed by atoms with Crippen molar-refractivity contribution < 1.29 is 19.0 Å². The third-order valence-corrected chi connectivity index (χ3v) is 4.88. The first-order valence-electron chi connectivity index (χ1n) is 7.99. The summed E-state index contributed by atoms with van der Waals surface area (Å²) in [5, 5.41) is 10.4. The lowest BCUT2D eigenvalue weighted by atomic mass is 9.87. The first kappa shape index (κ1) is 15.9. The Morgan fingerprint density at radius 1 is 1.36 bits per heavy atom. The summed E-state index contributed by atoms with van der Waals surface area (Å²) in [7, 11) is 1.76. The monoisotopic (exact) mass is 309 g/mol. The normalized spacial score (nSPS) is 30.8. The Bertz CT molecular complexity index is 481. The molecule has 0 bridgehead atoms. The Morgan fingerprint density at radius 2 is 2.14 bits per heavy atom. The maximum absolute atomic E-state index is 13.0. The van der Waals surface area contributed by atoms with E-state index in [-0.39, 0.29) is 18.0 Å². The van der Waals surface area contributed by atoms with E-state index in [1.807, 2.05) is 0 Å². The van der Waals surface area contributed by atoms with Gasteiger partial charge < -0.3 is 14.6 Å². The van der Waals surface area contributed by atoms with Crippen molar-refractivity contribution in [2.45, 2.75) is 43.6 Å². The maximum Gasteiger partial charge on any atom is 0.123 e. The summed E-state index contributed by atoms with van der Waals surface area (Å²) in [6, 6.07) is 6.38. The summed E-state index contributed by atoms with van der Waals surface area (Å²) >= 11 is 0. The van der Waals surface area contributed by atoms with Crippen LogP contribution in [0.5, 0.6) is 0 Å². The zero-order valence-corrected chi connectivity index (χ0v) is 13.0. The first-order chi connectivity index (χ1) is 10.7. The van der Waals surface area contributed by atoms with Gasteiger partial charge in [0.15, 0.2) is 0 Å². The van der Waals surface area contributed by atoms with Gasteiger partial charge in [0.25, 0.3) is 0 Å². The number of fused-ring (bicyclic) bond motifs is 1. The maximum atomic E-state index is 13.0. The molecule has 122 valence electrons. The SMILES string of the molecule is COC1CCC2OCCN(CC(O)c3ccc(F)cc3)C2C1. The summed E-state index contributed by atoms with van der Waals surface area (Å²) in [6.45, 7) is 2.07. The van der Waals surface area contributed by atoms with Crippen LogP contribution in [0, 0.1) is 5.82 Å². The molecule has 1 saturated heterocycles. The van der Waals surface area contributed by atoms with Gasteiger partial charge in [0.1, 0.15) is 5.82 Å². The molecule has 1 aromatic rings. The van der Waals surface area contributed by atoms with Crippen LogP contribution in [0.4, 0.5) is 4.39 Å². The number of halogens is 1. The molecule has 1 aromatic carbocycles. The van der Waals surface area contributed by atoms with Gasteiger partial charge in [-0.2, -0.15) is 0 Å². The van der Waals surface area contributed by atoms with Gasteiger partial charge in [0.2, 0.25) is 0 Å². The van der Waals surface area contributed by atoms with Crippen molar-refractivity contribution in [2.24, 2.45) is 0 Å². The molecule has 1 N–H and O–H groups in total. The molecule has 1 aliphatic carbocycles. The number of morpholine rings is 1. The van der Waals surface area contributed by atoms with Crippen molar-refractivity contribution in [2.75, 3.05) is 26.8 Å². The molecule has 2 aliphatic rings. The molecule has 22 heavy (non-hydrogen) atoms. The fraction of sp³-hybridized carbons (Fsp3) is 0.647. The smallest absolute Gasteiger partial charge is 0.123 e. The van der Waals surface area contributed by atoms with E-state index >= 15 is 0 Å². The number of rotatable bonds is 4. The predicted molar refractivity (Wildman–Crippen MR) is 81.1 cm³/mol. The lowest BCUT2D eigenvalue weighted by molar-refractivity contribution is -0.120. The van der Waals surface area contributed by atoms with Crippen molar-refractivity contribution in [3.8, 4) is 0 Å². The topological polar surface area (TPSA) is 41.9 Å². The van der Waals surface area contributed by atoms with E-state index in [0.29, 0.717) is 19.2 Å². The van der Waals surface area contributed by atoms with Gasteiger partial charge in [-0.3, -0.25) is 4.90 Å². The lowest BCUT2D eigenvalue weighted by Crippen LogP contribution is -2.55. The number of benzene rings is 1. The van der Waals surface area contributed by atoms with Crippen molar-refractivity contribution in [1.29, 1.82) is 0 Å². The average Bonchev–Trinajstić information content (AvgIpc) is 2.55. The minimum atomic E-state index is -0.609. The molecule has 4 unspecified atom stereocenters. The fourth-order valence-electron chi connectivity index (χ4n) is 3.60. The van der Waals surface area contributed by atoms with Crippen molar-refractivity contribution in [3.05, 3.63) is 35.6 Å². The molecule has 1 heterocycles. The van der Waals surface area contributed by atoms with E-state index < -0.39 is 6.10 Å². The second-order valence-corrected chi connectivity index (χ2v) is 6.21. The number of aliphatic hydroxyl groups excluding tert-OH is 1. The molecule has 1 aliphatic heterocycles. The van der Waals surface area contributed by atoms with Crippen LogP contribution in [0.2, 0.25) is 0 Å². The number of ether oxygens (including phenoxy) is 2. The van der Waals surface area contributed by atoms with Crippen LogP contribution in [0.25, 0.3) is 0 Å². The van der Waals surface area contributed by atoms with E-state index in [9.17, 15) is 9.50 Å². The molecular weight excluding hydrogens is 285 g/mol. The summed E-state index contributed by atoms with van der Waals surface area (Å²) < 4.78 is 24.4. The number of hydrogen-bond acceptors (Lipinski definition) is 4. The van der Waals surface area contributed by atoms with Crippen LogP contribution in [0.1, 0.15) is 30.9 Å². The zero-order chi connectivity index (χ0) is 15.5. The Balaban J connectivity index is 1.66. The highest BCUT2D eigenvalue weighted by atomic mass is 19.1. The molecule has 0 aromatic heterocycles. The van der Waals surface area contributed by atoms with Crippen LogP contribution < -0.4 is 0 Å². The Hall–Kier alpha value is -1.01. The van der Waals surface area contributed by atoms with E-state index in [0.717, 1.165) is 31.4 Å². The van der Waals surface area contributed by atoms with Crippen LogP contribution in [0.15, 0.2) is 24.3 Å². The summed E-state index contributed by atoms with van der Waals surface area (Å²) in [4.78, 5) is 2.30. The van der Waals surface area contributed by atoms with Crippen molar-refractivity contribution in [3.63, 3.8) is 0 Å². The lowest BCUT2D eigenvalue weighted by Gasteiger charge is -2.46. The standard InChI is InChI=1S/C17H24FNO3/c1-21-14-6-7-17-15(10-14)19(8-9-22-17)11-16(20)12-2-4-13(18)5-3-12/h2-5,14-17,20H,6-11H2,1H3. The molecule has 0 amide bonds. The molecular formula is C17H24FNO3. The van der Waals surface area contributed by atoms with Crippen molar-refractivity contribution in [1.82, 2.24) is 4.90 Å². The molecule has 3 rings (SSSR count). The minimum Gasteiger partial charge on any atom is -0.387 e. The van der Waals surface area contributed by atoms with Gasteiger partial charge in [0, 0.05) is 26.2 Å². The molecule has 4 atom stereocenters. The Kier molecular flexibility index (Phi) is 5.08. The third kappa shape index (κ3) is 3.49. The predicted octanol–water partition coefficient (Wildman–Crippen LogP) is 2.13. The van der Waals surface area contributed by atoms with Gasteiger partial charge in [-0.1, -0.05) is 12.1 Å². The highest BCUT2D eigenvalue weighted by Gasteiger charge is 2.38. The second-order valence-electron chi connectivity index (χ2n) is 6.21.